The number of hydrogen-bond acceptors (Lipinski definition) is 6. The quantitative estimate of drug-likeness (QED) is 0.237. The van der Waals surface area contributed by atoms with E-state index in [0.29, 0.717) is 0 Å². The molecule has 0 saturated heterocycles. The van der Waals surface area contributed by atoms with Crippen molar-refractivity contribution in [3.8, 4) is 0 Å². The van der Waals surface area contributed by atoms with Crippen LogP contribution in [0.3, 0.4) is 0 Å². The average molecular weight is 419 g/mol. The zero-order valence-electron chi connectivity index (χ0n) is 16.3. The van der Waals surface area contributed by atoms with E-state index >= 15 is 0 Å². The number of H-pyrrole nitrogens is 1. The monoisotopic (exact) mass is 419 g/mol. The number of carbonyl (C=O) groups is 4. The largest absolute Gasteiger partial charge is 0.480 e. The number of carboxylic acid groups (broad SMARTS) is 1. The number of aliphatic hydroxyl groups is 1. The Morgan fingerprint density at radius 3 is 2.47 bits per heavy atom. The van der Waals surface area contributed by atoms with Gasteiger partial charge in [-0.1, -0.05) is 18.2 Å². The van der Waals surface area contributed by atoms with Crippen molar-refractivity contribution in [2.75, 3.05) is 13.2 Å². The number of benzene rings is 1. The minimum absolute atomic E-state index is 0.100. The molecule has 11 heteroatoms. The van der Waals surface area contributed by atoms with Crippen LogP contribution in [-0.4, -0.2) is 70.2 Å². The first-order valence-electron chi connectivity index (χ1n) is 9.24. The Balaban J connectivity index is 2.15. The summed E-state index contributed by atoms with van der Waals surface area (Å²) in [5.41, 5.74) is 7.14. The van der Waals surface area contributed by atoms with Crippen LogP contribution in [0.25, 0.3) is 10.9 Å². The van der Waals surface area contributed by atoms with Crippen LogP contribution in [0.15, 0.2) is 30.5 Å². The zero-order chi connectivity index (χ0) is 22.3. The fraction of sp³-hybridized carbons (Fsp3) is 0.368. The third kappa shape index (κ3) is 6.03. The van der Waals surface area contributed by atoms with Gasteiger partial charge in [0.05, 0.1) is 6.61 Å². The number of aliphatic hydroxyl groups excluding tert-OH is 1. The highest BCUT2D eigenvalue weighted by atomic mass is 16.4. The second-order valence-electron chi connectivity index (χ2n) is 6.76. The van der Waals surface area contributed by atoms with Gasteiger partial charge in [0, 0.05) is 23.5 Å². The molecule has 0 radical (unpaired) electrons. The Bertz CT molecular complexity index is 927. The average Bonchev–Trinajstić information content (AvgIpc) is 3.13. The molecule has 2 aromatic rings. The fourth-order valence-electron chi connectivity index (χ4n) is 2.79. The normalized spacial score (nSPS) is 13.8. The second-order valence-corrected chi connectivity index (χ2v) is 6.76. The molecular formula is C19H25N5O6. The fourth-order valence-corrected chi connectivity index (χ4v) is 2.79. The van der Waals surface area contributed by atoms with E-state index in [0.717, 1.165) is 16.5 Å². The van der Waals surface area contributed by atoms with Crippen molar-refractivity contribution in [3.05, 3.63) is 36.0 Å². The topological polar surface area (TPSA) is 187 Å². The van der Waals surface area contributed by atoms with E-state index in [-0.39, 0.29) is 6.42 Å². The summed E-state index contributed by atoms with van der Waals surface area (Å²) >= 11 is 0. The molecule has 1 aromatic carbocycles. The third-order valence-corrected chi connectivity index (χ3v) is 4.43. The lowest BCUT2D eigenvalue weighted by molar-refractivity contribution is -0.138. The van der Waals surface area contributed by atoms with Crippen molar-refractivity contribution in [3.63, 3.8) is 0 Å². The molecule has 0 saturated carbocycles. The highest BCUT2D eigenvalue weighted by Crippen LogP contribution is 2.19. The maximum absolute atomic E-state index is 12.8. The van der Waals surface area contributed by atoms with Crippen molar-refractivity contribution in [2.24, 2.45) is 5.73 Å². The van der Waals surface area contributed by atoms with Gasteiger partial charge in [0.1, 0.15) is 24.7 Å². The minimum atomic E-state index is -1.22. The van der Waals surface area contributed by atoms with Crippen molar-refractivity contribution in [1.82, 2.24) is 20.9 Å². The summed E-state index contributed by atoms with van der Waals surface area (Å²) in [6.45, 7) is 0.209. The number of carbonyl (C=O) groups excluding carboxylic acids is 3. The van der Waals surface area contributed by atoms with Gasteiger partial charge in [-0.05, 0) is 18.6 Å². The molecule has 0 aliphatic heterocycles. The van der Waals surface area contributed by atoms with Gasteiger partial charge >= 0.3 is 5.97 Å². The molecule has 162 valence electrons. The molecule has 30 heavy (non-hydrogen) atoms. The number of hydrogen-bond donors (Lipinski definition) is 7. The van der Waals surface area contributed by atoms with Crippen LogP contribution in [0.5, 0.6) is 0 Å². The van der Waals surface area contributed by atoms with Crippen LogP contribution < -0.4 is 21.7 Å². The van der Waals surface area contributed by atoms with E-state index in [9.17, 15) is 19.2 Å². The minimum Gasteiger partial charge on any atom is -0.480 e. The molecular weight excluding hydrogens is 394 g/mol. The molecule has 3 unspecified atom stereocenters. The summed E-state index contributed by atoms with van der Waals surface area (Å²) in [6, 6.07) is 4.09. The lowest BCUT2D eigenvalue weighted by Gasteiger charge is -2.22. The maximum Gasteiger partial charge on any atom is 0.322 e. The standard InChI is InChI=1S/C19H25N5O6/c1-10(17(28)22-8-16(26)27)23-19(30)15(24-18(29)13(20)9-25)6-11-7-21-14-5-3-2-4-12(11)14/h2-5,7,10,13,15,21,25H,6,8-9,20H2,1H3,(H,22,28)(H,23,30)(H,24,29)(H,26,27). The first-order chi connectivity index (χ1) is 14.2. The highest BCUT2D eigenvalue weighted by molar-refractivity contribution is 5.94. The van der Waals surface area contributed by atoms with Crippen LogP contribution in [0.1, 0.15) is 12.5 Å². The van der Waals surface area contributed by atoms with Crippen molar-refractivity contribution < 1.29 is 29.4 Å². The summed E-state index contributed by atoms with van der Waals surface area (Å²) in [6.07, 6.45) is 1.81. The molecule has 0 bridgehead atoms. The number of aliphatic carboxylic acids is 1. The van der Waals surface area contributed by atoms with Crippen LogP contribution >= 0.6 is 0 Å². The number of fused-ring (bicyclic) bond motifs is 1. The van der Waals surface area contributed by atoms with E-state index in [2.05, 4.69) is 20.9 Å². The third-order valence-electron chi connectivity index (χ3n) is 4.43. The maximum atomic E-state index is 12.8. The number of para-hydroxylation sites is 1. The summed E-state index contributed by atoms with van der Waals surface area (Å²) in [5.74, 6) is -3.28. The van der Waals surface area contributed by atoms with Crippen LogP contribution in [-0.2, 0) is 25.6 Å². The first kappa shape index (κ1) is 22.8. The lowest BCUT2D eigenvalue weighted by atomic mass is 10.0. The van der Waals surface area contributed by atoms with E-state index in [4.69, 9.17) is 15.9 Å². The van der Waals surface area contributed by atoms with Gasteiger partial charge in [0.25, 0.3) is 0 Å². The van der Waals surface area contributed by atoms with E-state index < -0.39 is 55.0 Å². The predicted molar refractivity (Wildman–Crippen MR) is 107 cm³/mol. The molecule has 8 N–H and O–H groups in total. The second kappa shape index (κ2) is 10.4. The van der Waals surface area contributed by atoms with Crippen LogP contribution in [0, 0.1) is 0 Å². The number of rotatable bonds is 10. The molecule has 2 rings (SSSR count). The predicted octanol–water partition coefficient (Wildman–Crippen LogP) is -1.78. The molecule has 0 spiro atoms. The van der Waals surface area contributed by atoms with E-state index in [1.165, 1.54) is 6.92 Å². The number of nitrogens with two attached hydrogens (primary N) is 1. The summed E-state index contributed by atoms with van der Waals surface area (Å²) in [5, 5.41) is 25.7. The smallest absolute Gasteiger partial charge is 0.322 e. The van der Waals surface area contributed by atoms with E-state index in [1.54, 1.807) is 6.20 Å². The van der Waals surface area contributed by atoms with Gasteiger partial charge < -0.3 is 36.9 Å². The SMILES string of the molecule is CC(NC(=O)C(Cc1c[nH]c2ccccc12)NC(=O)C(N)CO)C(=O)NCC(=O)O. The zero-order valence-corrected chi connectivity index (χ0v) is 16.3. The molecule has 1 heterocycles. The Labute approximate surface area is 172 Å². The Hall–Kier alpha value is -3.44. The Morgan fingerprint density at radius 1 is 1.10 bits per heavy atom. The highest BCUT2D eigenvalue weighted by Gasteiger charge is 2.27. The molecule has 0 aliphatic rings. The first-order valence-corrected chi connectivity index (χ1v) is 9.24. The molecule has 0 fully saturated rings. The summed E-state index contributed by atoms with van der Waals surface area (Å²) < 4.78 is 0. The van der Waals surface area contributed by atoms with Gasteiger partial charge in [-0.15, -0.1) is 0 Å². The lowest BCUT2D eigenvalue weighted by Crippen LogP contribution is -2.56. The number of carboxylic acids is 1. The number of amides is 3. The number of aromatic amines is 1. The van der Waals surface area contributed by atoms with Gasteiger partial charge in [-0.3, -0.25) is 19.2 Å². The Morgan fingerprint density at radius 2 is 1.80 bits per heavy atom. The van der Waals surface area contributed by atoms with E-state index in [1.807, 2.05) is 24.3 Å². The summed E-state index contributed by atoms with van der Waals surface area (Å²) in [4.78, 5) is 50.5. The molecule has 3 atom stereocenters. The van der Waals surface area contributed by atoms with Gasteiger partial charge in [-0.25, -0.2) is 0 Å². The molecule has 3 amide bonds. The van der Waals surface area contributed by atoms with Gasteiger partial charge in [-0.2, -0.15) is 0 Å². The number of nitrogens with one attached hydrogen (secondary N) is 4. The molecule has 0 aliphatic carbocycles. The Kier molecular flexibility index (Phi) is 7.90. The molecule has 1 aromatic heterocycles. The van der Waals surface area contributed by atoms with Gasteiger partial charge in [0.15, 0.2) is 0 Å². The van der Waals surface area contributed by atoms with Crippen LogP contribution in [0.2, 0.25) is 0 Å². The van der Waals surface area contributed by atoms with Crippen molar-refractivity contribution >= 4 is 34.6 Å². The van der Waals surface area contributed by atoms with Crippen LogP contribution in [0.4, 0.5) is 0 Å². The summed E-state index contributed by atoms with van der Waals surface area (Å²) in [7, 11) is 0. The van der Waals surface area contributed by atoms with Crippen molar-refractivity contribution in [2.45, 2.75) is 31.5 Å². The molecule has 11 nitrogen and oxygen atoms in total. The van der Waals surface area contributed by atoms with Gasteiger partial charge in [0.2, 0.25) is 17.7 Å². The van der Waals surface area contributed by atoms with Crippen molar-refractivity contribution in [1.29, 1.82) is 0 Å². The number of aromatic nitrogens is 1.